The third kappa shape index (κ3) is 5.70. The zero-order chi connectivity index (χ0) is 15.2. The quantitative estimate of drug-likeness (QED) is 0.760. The molecule has 0 radical (unpaired) electrons. The molecule has 1 amide bonds. The molecule has 0 saturated carbocycles. The third-order valence-corrected chi connectivity index (χ3v) is 3.53. The molecule has 1 aromatic carbocycles. The van der Waals surface area contributed by atoms with Gasteiger partial charge in [0.2, 0.25) is 5.91 Å². The van der Waals surface area contributed by atoms with Crippen LogP contribution in [0.3, 0.4) is 0 Å². The molecule has 1 rings (SSSR count). The predicted molar refractivity (Wildman–Crippen MR) is 72.5 cm³/mol. The minimum atomic E-state index is -3.95. The highest BCUT2D eigenvalue weighted by molar-refractivity contribution is 7.92. The van der Waals surface area contributed by atoms with Gasteiger partial charge in [0.05, 0.1) is 6.61 Å². The Kier molecular flexibility index (Phi) is 5.51. The number of rotatable bonds is 7. The van der Waals surface area contributed by atoms with Crippen LogP contribution in [0.15, 0.2) is 24.3 Å². The van der Waals surface area contributed by atoms with Crippen LogP contribution in [0.25, 0.3) is 0 Å². The lowest BCUT2D eigenvalue weighted by molar-refractivity contribution is -0.134. The van der Waals surface area contributed by atoms with Gasteiger partial charge in [-0.1, -0.05) is 0 Å². The second-order valence-electron chi connectivity index (χ2n) is 3.93. The number of carboxylic acid groups (broad SMARTS) is 1. The van der Waals surface area contributed by atoms with E-state index in [1.807, 2.05) is 6.92 Å². The molecule has 20 heavy (non-hydrogen) atoms. The Morgan fingerprint density at radius 2 is 1.80 bits per heavy atom. The molecular weight excluding hydrogens is 286 g/mol. The summed E-state index contributed by atoms with van der Waals surface area (Å²) in [4.78, 5) is 21.8. The van der Waals surface area contributed by atoms with E-state index in [4.69, 9.17) is 9.84 Å². The van der Waals surface area contributed by atoms with Gasteiger partial charge in [-0.25, -0.2) is 8.42 Å². The Labute approximate surface area is 116 Å². The van der Waals surface area contributed by atoms with Crippen molar-refractivity contribution in [2.45, 2.75) is 6.92 Å². The Bertz CT molecular complexity index is 578. The summed E-state index contributed by atoms with van der Waals surface area (Å²) in [6.45, 7) is 2.35. The number of carbonyl (C=O) groups is 2. The molecule has 0 aliphatic rings. The van der Waals surface area contributed by atoms with Crippen LogP contribution in [0.5, 0.6) is 5.75 Å². The van der Waals surface area contributed by atoms with Gasteiger partial charge in [-0.3, -0.25) is 9.59 Å². The van der Waals surface area contributed by atoms with Gasteiger partial charge in [0.25, 0.3) is 0 Å². The standard InChI is InChI=1S/C12H15NO6S/c1-2-19-10-5-3-9(4-6-10)13-11(14)7-20(17,18)8-12(15)16/h3-6H,2,7-8H2,1H3,(H,13,14)(H,15,16). The smallest absolute Gasteiger partial charge is 0.318 e. The second kappa shape index (κ2) is 6.90. The van der Waals surface area contributed by atoms with Gasteiger partial charge in [0.15, 0.2) is 9.84 Å². The van der Waals surface area contributed by atoms with E-state index in [0.717, 1.165) is 0 Å². The highest BCUT2D eigenvalue weighted by Crippen LogP contribution is 2.15. The number of benzene rings is 1. The number of nitrogens with one attached hydrogen (secondary N) is 1. The zero-order valence-electron chi connectivity index (χ0n) is 10.8. The van der Waals surface area contributed by atoms with E-state index in [0.29, 0.717) is 18.0 Å². The van der Waals surface area contributed by atoms with E-state index >= 15 is 0 Å². The normalized spacial score (nSPS) is 10.8. The molecule has 7 nitrogen and oxygen atoms in total. The lowest BCUT2D eigenvalue weighted by Gasteiger charge is -2.07. The van der Waals surface area contributed by atoms with Crippen molar-refractivity contribution >= 4 is 27.4 Å². The average molecular weight is 301 g/mol. The van der Waals surface area contributed by atoms with E-state index < -0.39 is 33.2 Å². The molecule has 0 spiro atoms. The maximum Gasteiger partial charge on any atom is 0.318 e. The van der Waals surface area contributed by atoms with Gasteiger partial charge < -0.3 is 15.2 Å². The molecule has 0 aromatic heterocycles. The Morgan fingerprint density at radius 1 is 1.20 bits per heavy atom. The number of anilines is 1. The highest BCUT2D eigenvalue weighted by Gasteiger charge is 2.20. The average Bonchev–Trinajstić information content (AvgIpc) is 2.29. The van der Waals surface area contributed by atoms with Crippen LogP contribution in [0.2, 0.25) is 0 Å². The summed E-state index contributed by atoms with van der Waals surface area (Å²) in [6.07, 6.45) is 0. The number of carboxylic acids is 1. The minimum Gasteiger partial charge on any atom is -0.494 e. The van der Waals surface area contributed by atoms with Crippen molar-refractivity contribution in [2.75, 3.05) is 23.4 Å². The number of ether oxygens (including phenoxy) is 1. The zero-order valence-corrected chi connectivity index (χ0v) is 11.6. The molecule has 0 bridgehead atoms. The van der Waals surface area contributed by atoms with Crippen LogP contribution in [0.4, 0.5) is 5.69 Å². The lowest BCUT2D eigenvalue weighted by Crippen LogP contribution is -2.27. The first-order valence-electron chi connectivity index (χ1n) is 5.77. The monoisotopic (exact) mass is 301 g/mol. The van der Waals surface area contributed by atoms with Crippen LogP contribution >= 0.6 is 0 Å². The first kappa shape index (κ1) is 16.0. The van der Waals surface area contributed by atoms with Crippen molar-refractivity contribution < 1.29 is 27.9 Å². The van der Waals surface area contributed by atoms with Crippen LogP contribution < -0.4 is 10.1 Å². The maximum absolute atomic E-state index is 11.5. The molecule has 8 heteroatoms. The van der Waals surface area contributed by atoms with Crippen LogP contribution in [0.1, 0.15) is 6.92 Å². The summed E-state index contributed by atoms with van der Waals surface area (Å²) in [6, 6.07) is 6.38. The first-order valence-corrected chi connectivity index (χ1v) is 7.59. The predicted octanol–water partition coefficient (Wildman–Crippen LogP) is 0.523. The van der Waals surface area contributed by atoms with Gasteiger partial charge in [-0.15, -0.1) is 0 Å². The SMILES string of the molecule is CCOc1ccc(NC(=O)CS(=O)(=O)CC(=O)O)cc1. The Balaban J connectivity index is 2.60. The number of sulfone groups is 1. The van der Waals surface area contributed by atoms with Gasteiger partial charge >= 0.3 is 5.97 Å². The van der Waals surface area contributed by atoms with Crippen molar-refractivity contribution in [1.82, 2.24) is 0 Å². The van der Waals surface area contributed by atoms with Crippen molar-refractivity contribution in [3.8, 4) is 5.75 Å². The summed E-state index contributed by atoms with van der Waals surface area (Å²) in [5.74, 6) is -3.57. The Morgan fingerprint density at radius 3 is 2.30 bits per heavy atom. The van der Waals surface area contributed by atoms with E-state index in [2.05, 4.69) is 5.32 Å². The van der Waals surface area contributed by atoms with Crippen molar-refractivity contribution in [2.24, 2.45) is 0 Å². The third-order valence-electron chi connectivity index (χ3n) is 2.14. The molecule has 0 atom stereocenters. The van der Waals surface area contributed by atoms with Crippen LogP contribution in [0, 0.1) is 0 Å². The molecule has 0 heterocycles. The fourth-order valence-electron chi connectivity index (χ4n) is 1.44. The molecule has 0 saturated heterocycles. The van der Waals surface area contributed by atoms with Crippen LogP contribution in [-0.4, -0.2) is 43.5 Å². The van der Waals surface area contributed by atoms with Crippen LogP contribution in [-0.2, 0) is 19.4 Å². The van der Waals surface area contributed by atoms with E-state index in [1.54, 1.807) is 24.3 Å². The summed E-state index contributed by atoms with van der Waals surface area (Å²) < 4.78 is 27.9. The van der Waals surface area contributed by atoms with Crippen molar-refractivity contribution in [3.05, 3.63) is 24.3 Å². The minimum absolute atomic E-state index is 0.406. The summed E-state index contributed by atoms with van der Waals surface area (Å²) in [5, 5.41) is 10.8. The fourth-order valence-corrected chi connectivity index (χ4v) is 2.39. The number of amides is 1. The van der Waals surface area contributed by atoms with Gasteiger partial charge in [0.1, 0.15) is 17.3 Å². The number of hydrogen-bond acceptors (Lipinski definition) is 5. The van der Waals surface area contributed by atoms with E-state index in [-0.39, 0.29) is 0 Å². The molecule has 0 aliphatic heterocycles. The number of carbonyl (C=O) groups excluding carboxylic acids is 1. The second-order valence-corrected chi connectivity index (χ2v) is 6.00. The molecule has 1 aromatic rings. The largest absolute Gasteiger partial charge is 0.494 e. The van der Waals surface area contributed by atoms with E-state index in [9.17, 15) is 18.0 Å². The van der Waals surface area contributed by atoms with Crippen molar-refractivity contribution in [3.63, 3.8) is 0 Å². The fraction of sp³-hybridized carbons (Fsp3) is 0.333. The van der Waals surface area contributed by atoms with Crippen molar-refractivity contribution in [1.29, 1.82) is 0 Å². The molecular formula is C12H15NO6S. The number of aliphatic carboxylic acids is 1. The molecule has 2 N–H and O–H groups in total. The lowest BCUT2D eigenvalue weighted by atomic mass is 10.3. The van der Waals surface area contributed by atoms with Gasteiger partial charge in [-0.2, -0.15) is 0 Å². The molecule has 110 valence electrons. The topological polar surface area (TPSA) is 110 Å². The summed E-state index contributed by atoms with van der Waals surface area (Å²) >= 11 is 0. The van der Waals surface area contributed by atoms with Gasteiger partial charge in [-0.05, 0) is 31.2 Å². The maximum atomic E-state index is 11.5. The molecule has 0 aliphatic carbocycles. The number of hydrogen-bond donors (Lipinski definition) is 2. The molecule has 0 unspecified atom stereocenters. The highest BCUT2D eigenvalue weighted by atomic mass is 32.2. The van der Waals surface area contributed by atoms with E-state index in [1.165, 1.54) is 0 Å². The first-order chi connectivity index (χ1) is 9.32. The van der Waals surface area contributed by atoms with Gasteiger partial charge in [0, 0.05) is 5.69 Å². The Hall–Kier alpha value is -2.09. The summed E-state index contributed by atoms with van der Waals surface area (Å²) in [7, 11) is -3.95. The molecule has 0 fully saturated rings. The summed E-state index contributed by atoms with van der Waals surface area (Å²) in [5.41, 5.74) is 0.406.